The molecule has 1 aromatic carbocycles. The number of H-pyrrole nitrogens is 1. The van der Waals surface area contributed by atoms with Crippen molar-refractivity contribution in [3.63, 3.8) is 0 Å². The van der Waals surface area contributed by atoms with Crippen molar-refractivity contribution in [1.82, 2.24) is 9.88 Å². The number of aryl methyl sites for hydroxylation is 1. The second kappa shape index (κ2) is 5.93. The summed E-state index contributed by atoms with van der Waals surface area (Å²) < 4.78 is 5.41. The molecule has 2 aromatic rings. The quantitative estimate of drug-likeness (QED) is 0.942. The lowest BCUT2D eigenvalue weighted by atomic mass is 10.1. The van der Waals surface area contributed by atoms with Gasteiger partial charge in [0.25, 0.3) is 11.5 Å². The fraction of sp³-hybridized carbons (Fsp3) is 0.412. The molecule has 3 rings (SSSR count). The van der Waals surface area contributed by atoms with Crippen molar-refractivity contribution >= 4 is 16.8 Å². The van der Waals surface area contributed by atoms with E-state index in [1.165, 1.54) is 0 Å². The molecule has 1 amide bonds. The predicted molar refractivity (Wildman–Crippen MR) is 84.8 cm³/mol. The number of nitrogens with zero attached hydrogens (tertiary/aromatic N) is 1. The number of aromatic amines is 1. The molecule has 22 heavy (non-hydrogen) atoms. The summed E-state index contributed by atoms with van der Waals surface area (Å²) in [5, 5.41) is 0.979. The molecule has 0 spiro atoms. The number of carbonyl (C=O) groups excluding carboxylic acids is 1. The van der Waals surface area contributed by atoms with E-state index in [0.29, 0.717) is 12.2 Å². The maximum atomic E-state index is 12.3. The Labute approximate surface area is 128 Å². The summed E-state index contributed by atoms with van der Waals surface area (Å²) in [7, 11) is 1.71. The minimum Gasteiger partial charge on any atom is -0.368 e. The number of ether oxygens (including phenoxy) is 1. The molecule has 1 fully saturated rings. The van der Waals surface area contributed by atoms with E-state index in [2.05, 4.69) is 4.98 Å². The summed E-state index contributed by atoms with van der Waals surface area (Å²) >= 11 is 0. The summed E-state index contributed by atoms with van der Waals surface area (Å²) in [5.41, 5.74) is 2.39. The van der Waals surface area contributed by atoms with Crippen LogP contribution in [-0.4, -0.2) is 35.5 Å². The third-order valence-electron chi connectivity index (χ3n) is 4.07. The zero-order valence-electron chi connectivity index (χ0n) is 12.9. The Balaban J connectivity index is 1.84. The van der Waals surface area contributed by atoms with Gasteiger partial charge in [-0.1, -0.05) is 11.6 Å². The first-order valence-electron chi connectivity index (χ1n) is 7.54. The van der Waals surface area contributed by atoms with E-state index in [1.807, 2.05) is 31.2 Å². The van der Waals surface area contributed by atoms with E-state index in [4.69, 9.17) is 4.74 Å². The van der Waals surface area contributed by atoms with Crippen LogP contribution in [0.5, 0.6) is 0 Å². The van der Waals surface area contributed by atoms with Crippen LogP contribution < -0.4 is 5.56 Å². The van der Waals surface area contributed by atoms with E-state index in [0.717, 1.165) is 29.3 Å². The normalized spacial score (nSPS) is 17.8. The van der Waals surface area contributed by atoms with Gasteiger partial charge in [-0.05, 0) is 43.4 Å². The molecule has 2 heterocycles. The number of likely N-dealkylation sites (N-methyl/N-ethyl adjacent to an activating group) is 1. The smallest absolute Gasteiger partial charge is 0.253 e. The molecule has 116 valence electrons. The van der Waals surface area contributed by atoms with Gasteiger partial charge < -0.3 is 14.6 Å². The third kappa shape index (κ3) is 2.90. The molecule has 1 aliphatic rings. The highest BCUT2D eigenvalue weighted by atomic mass is 16.5. The number of benzene rings is 1. The van der Waals surface area contributed by atoms with Crippen LogP contribution >= 0.6 is 0 Å². The highest BCUT2D eigenvalue weighted by molar-refractivity contribution is 5.82. The van der Waals surface area contributed by atoms with Gasteiger partial charge in [-0.25, -0.2) is 0 Å². The van der Waals surface area contributed by atoms with Gasteiger partial charge in [0, 0.05) is 24.7 Å². The van der Waals surface area contributed by atoms with Gasteiger partial charge in [0.15, 0.2) is 0 Å². The van der Waals surface area contributed by atoms with Crippen LogP contribution in [0.3, 0.4) is 0 Å². The maximum Gasteiger partial charge on any atom is 0.253 e. The van der Waals surface area contributed by atoms with Crippen LogP contribution in [0.15, 0.2) is 29.1 Å². The molecule has 5 nitrogen and oxygen atoms in total. The summed E-state index contributed by atoms with van der Waals surface area (Å²) in [5.74, 6) is -0.0544. The molecule has 1 N–H and O–H groups in total. The molecule has 1 unspecified atom stereocenters. The zero-order valence-corrected chi connectivity index (χ0v) is 12.9. The molecule has 5 heteroatoms. The lowest BCUT2D eigenvalue weighted by Gasteiger charge is -2.20. The second-order valence-corrected chi connectivity index (χ2v) is 5.91. The molecular weight excluding hydrogens is 280 g/mol. The molecule has 1 saturated heterocycles. The van der Waals surface area contributed by atoms with Crippen LogP contribution in [0, 0.1) is 6.92 Å². The topological polar surface area (TPSA) is 62.4 Å². The average Bonchev–Trinajstić information content (AvgIpc) is 3.02. The van der Waals surface area contributed by atoms with E-state index in [1.54, 1.807) is 11.9 Å². The van der Waals surface area contributed by atoms with Crippen LogP contribution in [0.25, 0.3) is 10.9 Å². The number of pyridine rings is 1. The number of carbonyl (C=O) groups is 1. The van der Waals surface area contributed by atoms with Crippen LogP contribution in [0.4, 0.5) is 0 Å². The Bertz CT molecular complexity index is 760. The number of aromatic nitrogens is 1. The van der Waals surface area contributed by atoms with Crippen molar-refractivity contribution in [1.29, 1.82) is 0 Å². The average molecular weight is 300 g/mol. The van der Waals surface area contributed by atoms with Gasteiger partial charge in [0.05, 0.1) is 6.54 Å². The van der Waals surface area contributed by atoms with Crippen molar-refractivity contribution in [2.75, 3.05) is 13.7 Å². The fourth-order valence-electron chi connectivity index (χ4n) is 2.84. The van der Waals surface area contributed by atoms with Crippen molar-refractivity contribution in [2.45, 2.75) is 32.4 Å². The fourth-order valence-corrected chi connectivity index (χ4v) is 2.84. The van der Waals surface area contributed by atoms with Gasteiger partial charge in [0.2, 0.25) is 0 Å². The van der Waals surface area contributed by atoms with Crippen LogP contribution in [0.2, 0.25) is 0 Å². The minimum absolute atomic E-state index is 0.0544. The lowest BCUT2D eigenvalue weighted by Crippen LogP contribution is -2.36. The van der Waals surface area contributed by atoms with Gasteiger partial charge >= 0.3 is 0 Å². The van der Waals surface area contributed by atoms with Crippen LogP contribution in [-0.2, 0) is 16.1 Å². The minimum atomic E-state index is -0.355. The number of hydrogen-bond acceptors (Lipinski definition) is 3. The first kappa shape index (κ1) is 14.8. The summed E-state index contributed by atoms with van der Waals surface area (Å²) in [6, 6.07) is 7.75. The number of amides is 1. The Kier molecular flexibility index (Phi) is 3.98. The standard InChI is InChI=1S/C17H20N2O3/c1-11-5-6-14-12(8-11)9-13(16(20)18-14)10-19(2)17(21)15-4-3-7-22-15/h5-6,8-9,15H,3-4,7,10H2,1-2H3,(H,18,20). The zero-order chi connectivity index (χ0) is 15.7. The summed E-state index contributed by atoms with van der Waals surface area (Å²) in [6.45, 7) is 2.94. The molecule has 1 atom stereocenters. The number of nitrogens with one attached hydrogen (secondary N) is 1. The van der Waals surface area contributed by atoms with E-state index in [9.17, 15) is 9.59 Å². The van der Waals surface area contributed by atoms with Crippen molar-refractivity contribution in [3.8, 4) is 0 Å². The van der Waals surface area contributed by atoms with Crippen molar-refractivity contribution in [3.05, 3.63) is 45.7 Å². The van der Waals surface area contributed by atoms with Crippen LogP contribution in [0.1, 0.15) is 24.0 Å². The largest absolute Gasteiger partial charge is 0.368 e. The first-order valence-corrected chi connectivity index (χ1v) is 7.54. The molecule has 1 aliphatic heterocycles. The van der Waals surface area contributed by atoms with Crippen molar-refractivity contribution in [2.24, 2.45) is 0 Å². The Morgan fingerprint density at radius 2 is 2.23 bits per heavy atom. The predicted octanol–water partition coefficient (Wildman–Crippen LogP) is 1.97. The molecule has 1 aromatic heterocycles. The molecule has 0 aliphatic carbocycles. The first-order chi connectivity index (χ1) is 10.5. The van der Waals surface area contributed by atoms with Gasteiger partial charge in [0.1, 0.15) is 6.10 Å². The highest BCUT2D eigenvalue weighted by Crippen LogP contribution is 2.17. The molecule has 0 radical (unpaired) electrons. The number of hydrogen-bond donors (Lipinski definition) is 1. The SMILES string of the molecule is Cc1ccc2[nH]c(=O)c(CN(C)C(=O)C3CCCO3)cc2c1. The van der Waals surface area contributed by atoms with Gasteiger partial charge in [-0.2, -0.15) is 0 Å². The summed E-state index contributed by atoms with van der Waals surface area (Å²) in [6.07, 6.45) is 1.32. The van der Waals surface area contributed by atoms with E-state index >= 15 is 0 Å². The molecule has 0 bridgehead atoms. The van der Waals surface area contributed by atoms with Gasteiger partial charge in [-0.15, -0.1) is 0 Å². The third-order valence-corrected chi connectivity index (χ3v) is 4.07. The highest BCUT2D eigenvalue weighted by Gasteiger charge is 2.26. The van der Waals surface area contributed by atoms with Crippen molar-refractivity contribution < 1.29 is 9.53 Å². The Morgan fingerprint density at radius 3 is 2.95 bits per heavy atom. The Morgan fingerprint density at radius 1 is 1.41 bits per heavy atom. The second-order valence-electron chi connectivity index (χ2n) is 5.91. The lowest BCUT2D eigenvalue weighted by molar-refractivity contribution is -0.140. The Hall–Kier alpha value is -2.14. The monoisotopic (exact) mass is 300 g/mol. The number of fused-ring (bicyclic) bond motifs is 1. The number of rotatable bonds is 3. The van der Waals surface area contributed by atoms with E-state index in [-0.39, 0.29) is 24.1 Å². The van der Waals surface area contributed by atoms with Gasteiger partial charge in [-0.3, -0.25) is 9.59 Å². The summed E-state index contributed by atoms with van der Waals surface area (Å²) in [4.78, 5) is 28.9. The maximum absolute atomic E-state index is 12.3. The van der Waals surface area contributed by atoms with E-state index < -0.39 is 0 Å². The molecular formula is C17H20N2O3. The molecule has 0 saturated carbocycles.